The normalized spacial score (nSPS) is 33.3. The lowest BCUT2D eigenvalue weighted by molar-refractivity contribution is -0.110. The lowest BCUT2D eigenvalue weighted by atomic mass is 9.86. The Kier molecular flexibility index (Phi) is 2.72. The number of carbonyl (C=O) groups excluding carboxylic acids is 1. The fourth-order valence-electron chi connectivity index (χ4n) is 1.65. The molecular weight excluding hydrogens is 126 g/mol. The molecule has 0 radical (unpaired) electrons. The van der Waals surface area contributed by atoms with Gasteiger partial charge < -0.3 is 5.32 Å². The predicted molar refractivity (Wildman–Crippen MR) is 40.6 cm³/mol. The van der Waals surface area contributed by atoms with E-state index in [1.165, 1.54) is 25.7 Å². The van der Waals surface area contributed by atoms with Crippen molar-refractivity contribution in [3.63, 3.8) is 0 Å². The molecule has 1 saturated carbocycles. The standard InChI is InChI=1S/C8H15NO/c1-7-4-2-3-5-8(7)9-6-10/h6-8H,2-5H2,1H3,(H,9,10)/t7-,8-/m1/s1. The smallest absolute Gasteiger partial charge is 0.207 e. The van der Waals surface area contributed by atoms with Crippen LogP contribution in [0.2, 0.25) is 0 Å². The van der Waals surface area contributed by atoms with Gasteiger partial charge in [-0.3, -0.25) is 4.79 Å². The van der Waals surface area contributed by atoms with Gasteiger partial charge in [0.2, 0.25) is 6.41 Å². The molecule has 1 rings (SSSR count). The summed E-state index contributed by atoms with van der Waals surface area (Å²) in [6, 6.07) is 0.450. The third-order valence-electron chi connectivity index (χ3n) is 2.39. The number of nitrogens with one attached hydrogen (secondary N) is 1. The lowest BCUT2D eigenvalue weighted by Crippen LogP contribution is -2.36. The van der Waals surface area contributed by atoms with Gasteiger partial charge in [-0.05, 0) is 18.8 Å². The van der Waals surface area contributed by atoms with Gasteiger partial charge in [-0.1, -0.05) is 19.8 Å². The van der Waals surface area contributed by atoms with Crippen LogP contribution in [0.3, 0.4) is 0 Å². The zero-order chi connectivity index (χ0) is 7.40. The molecule has 0 saturated heterocycles. The lowest BCUT2D eigenvalue weighted by Gasteiger charge is -2.27. The average Bonchev–Trinajstić information content (AvgIpc) is 1.94. The highest BCUT2D eigenvalue weighted by atomic mass is 16.1. The van der Waals surface area contributed by atoms with Gasteiger partial charge in [-0.15, -0.1) is 0 Å². The fourth-order valence-corrected chi connectivity index (χ4v) is 1.65. The van der Waals surface area contributed by atoms with Crippen molar-refractivity contribution in [2.45, 2.75) is 38.6 Å². The minimum absolute atomic E-state index is 0.450. The zero-order valence-electron chi connectivity index (χ0n) is 6.47. The van der Waals surface area contributed by atoms with Crippen molar-refractivity contribution >= 4 is 6.41 Å². The largest absolute Gasteiger partial charge is 0.356 e. The Morgan fingerprint density at radius 3 is 2.70 bits per heavy atom. The van der Waals surface area contributed by atoms with Gasteiger partial charge in [-0.25, -0.2) is 0 Å². The Bertz CT molecular complexity index is 114. The van der Waals surface area contributed by atoms with Gasteiger partial charge in [0.1, 0.15) is 0 Å². The molecule has 1 amide bonds. The minimum atomic E-state index is 0.450. The molecular formula is C8H15NO. The highest BCUT2D eigenvalue weighted by Crippen LogP contribution is 2.22. The van der Waals surface area contributed by atoms with Crippen LogP contribution in [0.5, 0.6) is 0 Å². The molecule has 1 N–H and O–H groups in total. The predicted octanol–water partition coefficient (Wildman–Crippen LogP) is 1.31. The molecule has 0 aromatic rings. The van der Waals surface area contributed by atoms with Crippen molar-refractivity contribution in [2.75, 3.05) is 0 Å². The van der Waals surface area contributed by atoms with Crippen molar-refractivity contribution < 1.29 is 4.79 Å². The highest BCUT2D eigenvalue weighted by molar-refractivity contribution is 5.46. The molecule has 0 spiro atoms. The van der Waals surface area contributed by atoms with Gasteiger partial charge in [0, 0.05) is 6.04 Å². The first-order chi connectivity index (χ1) is 4.84. The van der Waals surface area contributed by atoms with Crippen LogP contribution in [0.25, 0.3) is 0 Å². The maximum absolute atomic E-state index is 10.1. The molecule has 1 aliphatic rings. The molecule has 1 aliphatic carbocycles. The molecule has 10 heavy (non-hydrogen) atoms. The molecule has 0 unspecified atom stereocenters. The number of carbonyl (C=O) groups is 1. The zero-order valence-corrected chi connectivity index (χ0v) is 6.47. The van der Waals surface area contributed by atoms with Crippen molar-refractivity contribution in [1.82, 2.24) is 5.32 Å². The third-order valence-corrected chi connectivity index (χ3v) is 2.39. The number of rotatable bonds is 2. The summed E-state index contributed by atoms with van der Waals surface area (Å²) < 4.78 is 0. The first kappa shape index (κ1) is 7.58. The van der Waals surface area contributed by atoms with Crippen LogP contribution >= 0.6 is 0 Å². The Labute approximate surface area is 62.0 Å². The first-order valence-electron chi connectivity index (χ1n) is 4.04. The molecule has 0 bridgehead atoms. The molecule has 58 valence electrons. The van der Waals surface area contributed by atoms with Crippen molar-refractivity contribution in [2.24, 2.45) is 5.92 Å². The Morgan fingerprint density at radius 2 is 2.10 bits per heavy atom. The first-order valence-corrected chi connectivity index (χ1v) is 4.04. The van der Waals surface area contributed by atoms with Gasteiger partial charge in [-0.2, -0.15) is 0 Å². The van der Waals surface area contributed by atoms with E-state index >= 15 is 0 Å². The molecule has 0 heterocycles. The van der Waals surface area contributed by atoms with Crippen LogP contribution in [0, 0.1) is 5.92 Å². The van der Waals surface area contributed by atoms with Gasteiger partial charge in [0.05, 0.1) is 0 Å². The van der Waals surface area contributed by atoms with E-state index < -0.39 is 0 Å². The van der Waals surface area contributed by atoms with Crippen molar-refractivity contribution in [3.8, 4) is 0 Å². The summed E-state index contributed by atoms with van der Waals surface area (Å²) in [5, 5.41) is 2.85. The molecule has 2 nitrogen and oxygen atoms in total. The topological polar surface area (TPSA) is 29.1 Å². The van der Waals surface area contributed by atoms with Gasteiger partial charge >= 0.3 is 0 Å². The van der Waals surface area contributed by atoms with Crippen LogP contribution in [0.4, 0.5) is 0 Å². The summed E-state index contributed by atoms with van der Waals surface area (Å²) in [6.07, 6.45) is 5.87. The number of amides is 1. The van der Waals surface area contributed by atoms with Crippen molar-refractivity contribution in [3.05, 3.63) is 0 Å². The second-order valence-electron chi connectivity index (χ2n) is 3.15. The Hall–Kier alpha value is -0.530. The van der Waals surface area contributed by atoms with E-state index in [9.17, 15) is 4.79 Å². The van der Waals surface area contributed by atoms with E-state index in [4.69, 9.17) is 0 Å². The molecule has 0 aliphatic heterocycles. The monoisotopic (exact) mass is 141 g/mol. The average molecular weight is 141 g/mol. The maximum Gasteiger partial charge on any atom is 0.207 e. The SMILES string of the molecule is C[C@@H]1CCCC[C@H]1NC=O. The summed E-state index contributed by atoms with van der Waals surface area (Å²) >= 11 is 0. The van der Waals surface area contributed by atoms with Gasteiger partial charge in [0.25, 0.3) is 0 Å². The summed E-state index contributed by atoms with van der Waals surface area (Å²) in [5.41, 5.74) is 0. The maximum atomic E-state index is 10.1. The Balaban J connectivity index is 2.32. The van der Waals surface area contributed by atoms with Crippen molar-refractivity contribution in [1.29, 1.82) is 0 Å². The fraction of sp³-hybridized carbons (Fsp3) is 0.875. The molecule has 0 aromatic heterocycles. The highest BCUT2D eigenvalue weighted by Gasteiger charge is 2.19. The second kappa shape index (κ2) is 3.59. The van der Waals surface area contributed by atoms with Crippen LogP contribution < -0.4 is 5.32 Å². The summed E-state index contributed by atoms with van der Waals surface area (Å²) in [5.74, 6) is 0.680. The van der Waals surface area contributed by atoms with Gasteiger partial charge in [0.15, 0.2) is 0 Å². The van der Waals surface area contributed by atoms with E-state index in [2.05, 4.69) is 12.2 Å². The van der Waals surface area contributed by atoms with Crippen LogP contribution in [-0.2, 0) is 4.79 Å². The molecule has 2 heteroatoms. The van der Waals surface area contributed by atoms with Crippen LogP contribution in [0.15, 0.2) is 0 Å². The second-order valence-corrected chi connectivity index (χ2v) is 3.15. The van der Waals surface area contributed by atoms with Crippen LogP contribution in [-0.4, -0.2) is 12.5 Å². The van der Waals surface area contributed by atoms with E-state index in [-0.39, 0.29) is 0 Å². The molecule has 2 atom stereocenters. The Morgan fingerprint density at radius 1 is 1.40 bits per heavy atom. The van der Waals surface area contributed by atoms with E-state index in [0.29, 0.717) is 12.0 Å². The third kappa shape index (κ3) is 1.72. The number of hydrogen-bond acceptors (Lipinski definition) is 1. The minimum Gasteiger partial charge on any atom is -0.356 e. The summed E-state index contributed by atoms with van der Waals surface area (Å²) in [6.45, 7) is 2.21. The number of hydrogen-bond donors (Lipinski definition) is 1. The van der Waals surface area contributed by atoms with E-state index in [1.54, 1.807) is 0 Å². The van der Waals surface area contributed by atoms with E-state index in [1.807, 2.05) is 0 Å². The molecule has 0 aromatic carbocycles. The molecule has 1 fully saturated rings. The summed E-state index contributed by atoms with van der Waals surface area (Å²) in [4.78, 5) is 10.1. The quantitative estimate of drug-likeness (QED) is 0.577. The van der Waals surface area contributed by atoms with Crippen LogP contribution in [0.1, 0.15) is 32.6 Å². The summed E-state index contributed by atoms with van der Waals surface area (Å²) in [7, 11) is 0. The van der Waals surface area contributed by atoms with E-state index in [0.717, 1.165) is 6.41 Å².